The largest absolute Gasteiger partial charge is 0.417 e. The van der Waals surface area contributed by atoms with Crippen LogP contribution in [0.4, 0.5) is 13.2 Å². The predicted molar refractivity (Wildman–Crippen MR) is 52.0 cm³/mol. The molecule has 0 unspecified atom stereocenters. The van der Waals surface area contributed by atoms with E-state index < -0.39 is 11.7 Å². The van der Waals surface area contributed by atoms with Gasteiger partial charge in [-0.05, 0) is 20.8 Å². The molecule has 2 N–H and O–H groups in total. The molecule has 0 spiro atoms. The zero-order chi connectivity index (χ0) is 12.1. The van der Waals surface area contributed by atoms with Crippen LogP contribution in [-0.2, 0) is 4.84 Å². The molecule has 0 aromatic rings. The molecule has 15 heavy (non-hydrogen) atoms. The summed E-state index contributed by atoms with van der Waals surface area (Å²) in [5, 5.41) is 0. The van der Waals surface area contributed by atoms with Gasteiger partial charge < -0.3 is 4.84 Å². The molecule has 0 aliphatic heterocycles. The van der Waals surface area contributed by atoms with Crippen molar-refractivity contribution in [2.45, 2.75) is 26.9 Å². The first-order valence-corrected chi connectivity index (χ1v) is 4.14. The predicted octanol–water partition coefficient (Wildman–Crippen LogP) is 2.71. The Kier molecular flexibility index (Phi) is 5.07. The molecule has 0 saturated carbocycles. The number of allylic oxidation sites excluding steroid dienone is 4. The van der Waals surface area contributed by atoms with Gasteiger partial charge in [-0.3, -0.25) is 4.99 Å². The molecule has 6 heteroatoms. The van der Waals surface area contributed by atoms with E-state index in [4.69, 9.17) is 5.90 Å². The summed E-state index contributed by atoms with van der Waals surface area (Å²) in [4.78, 5) is 7.92. The van der Waals surface area contributed by atoms with Crippen LogP contribution in [0.25, 0.3) is 0 Å². The SMILES string of the molecule is C\C=C(/C=N\C(C)=C(/C)ON)C(F)(F)F. The zero-order valence-electron chi connectivity index (χ0n) is 8.72. The molecule has 0 aromatic carbocycles. The summed E-state index contributed by atoms with van der Waals surface area (Å²) in [5.74, 6) is 5.10. The summed E-state index contributed by atoms with van der Waals surface area (Å²) in [6.45, 7) is 4.30. The maximum atomic E-state index is 12.2. The third-order valence-corrected chi connectivity index (χ3v) is 1.72. The molecule has 0 aromatic heterocycles. The second-order valence-electron chi connectivity index (χ2n) is 2.76. The maximum Gasteiger partial charge on any atom is 0.417 e. The van der Waals surface area contributed by atoms with Gasteiger partial charge in [-0.1, -0.05) is 6.08 Å². The van der Waals surface area contributed by atoms with Crippen molar-refractivity contribution in [2.75, 3.05) is 0 Å². The van der Waals surface area contributed by atoms with Gasteiger partial charge >= 0.3 is 6.18 Å². The summed E-state index contributed by atoms with van der Waals surface area (Å²) in [6.07, 6.45) is -2.72. The Labute approximate surface area is 86.1 Å². The lowest BCUT2D eigenvalue weighted by molar-refractivity contribution is -0.0857. The van der Waals surface area contributed by atoms with Crippen LogP contribution in [0.5, 0.6) is 0 Å². The van der Waals surface area contributed by atoms with Crippen molar-refractivity contribution in [3.8, 4) is 0 Å². The number of halogens is 3. The monoisotopic (exact) mass is 222 g/mol. The number of nitrogens with two attached hydrogens (primary N) is 1. The van der Waals surface area contributed by atoms with Crippen LogP contribution >= 0.6 is 0 Å². The Morgan fingerprint density at radius 2 is 1.87 bits per heavy atom. The van der Waals surface area contributed by atoms with Gasteiger partial charge in [0.15, 0.2) is 0 Å². The molecular formula is C9H13F3N2O. The molecule has 0 heterocycles. The average Bonchev–Trinajstić information content (AvgIpc) is 2.15. The Morgan fingerprint density at radius 1 is 1.33 bits per heavy atom. The first-order valence-electron chi connectivity index (χ1n) is 4.14. The number of hydrogen-bond donors (Lipinski definition) is 1. The number of nitrogens with zero attached hydrogens (tertiary/aromatic N) is 1. The van der Waals surface area contributed by atoms with Gasteiger partial charge in [0.25, 0.3) is 0 Å². The molecule has 86 valence electrons. The van der Waals surface area contributed by atoms with Gasteiger partial charge in [0.05, 0.1) is 11.3 Å². The second-order valence-corrected chi connectivity index (χ2v) is 2.76. The second kappa shape index (κ2) is 5.55. The number of alkyl halides is 3. The van der Waals surface area contributed by atoms with Crippen molar-refractivity contribution in [3.63, 3.8) is 0 Å². The third-order valence-electron chi connectivity index (χ3n) is 1.72. The van der Waals surface area contributed by atoms with E-state index in [0.717, 1.165) is 12.3 Å². The fourth-order valence-electron chi connectivity index (χ4n) is 0.654. The molecule has 0 saturated heterocycles. The van der Waals surface area contributed by atoms with Crippen LogP contribution in [0.1, 0.15) is 20.8 Å². The van der Waals surface area contributed by atoms with Crippen LogP contribution in [0, 0.1) is 0 Å². The molecule has 3 nitrogen and oxygen atoms in total. The molecular weight excluding hydrogens is 209 g/mol. The lowest BCUT2D eigenvalue weighted by Crippen LogP contribution is -2.12. The van der Waals surface area contributed by atoms with E-state index in [1.807, 2.05) is 0 Å². The van der Waals surface area contributed by atoms with Crippen molar-refractivity contribution in [1.82, 2.24) is 0 Å². The molecule has 0 fully saturated rings. The minimum atomic E-state index is -4.39. The number of rotatable bonds is 3. The minimum Gasteiger partial charge on any atom is -0.414 e. The standard InChI is InChI=1S/C9H13F3N2O/c1-4-8(9(10,11)12)5-14-6(2)7(3)15-13/h4-5H,13H2,1-3H3/b7-6+,8-4+,14-5-. The fourth-order valence-corrected chi connectivity index (χ4v) is 0.654. The van der Waals surface area contributed by atoms with Gasteiger partial charge in [-0.15, -0.1) is 0 Å². The molecule has 0 aliphatic rings. The minimum absolute atomic E-state index is 0.267. The summed E-state index contributed by atoms with van der Waals surface area (Å²) in [7, 11) is 0. The Balaban J connectivity index is 4.81. The highest BCUT2D eigenvalue weighted by molar-refractivity contribution is 5.80. The van der Waals surface area contributed by atoms with Crippen LogP contribution in [0.2, 0.25) is 0 Å². The number of hydrogen-bond acceptors (Lipinski definition) is 3. The quantitative estimate of drug-likeness (QED) is 0.453. The molecule has 0 bridgehead atoms. The van der Waals surface area contributed by atoms with E-state index in [0.29, 0.717) is 5.70 Å². The maximum absolute atomic E-state index is 12.2. The highest BCUT2D eigenvalue weighted by Gasteiger charge is 2.31. The first kappa shape index (κ1) is 13.7. The van der Waals surface area contributed by atoms with Gasteiger partial charge in [-0.2, -0.15) is 19.1 Å². The number of aliphatic imine (C=N–C) groups is 1. The van der Waals surface area contributed by atoms with E-state index >= 15 is 0 Å². The van der Waals surface area contributed by atoms with Gasteiger partial charge in [0.2, 0.25) is 0 Å². The highest BCUT2D eigenvalue weighted by atomic mass is 19.4. The Hall–Kier alpha value is -1.30. The van der Waals surface area contributed by atoms with Crippen molar-refractivity contribution in [1.29, 1.82) is 0 Å². The van der Waals surface area contributed by atoms with Crippen molar-refractivity contribution >= 4 is 6.21 Å². The Bertz CT molecular complexity index is 303. The molecule has 0 aliphatic carbocycles. The summed E-state index contributed by atoms with van der Waals surface area (Å²) >= 11 is 0. The van der Waals surface area contributed by atoms with Crippen LogP contribution < -0.4 is 5.90 Å². The van der Waals surface area contributed by atoms with E-state index in [1.54, 1.807) is 0 Å². The zero-order valence-corrected chi connectivity index (χ0v) is 8.72. The topological polar surface area (TPSA) is 47.6 Å². The van der Waals surface area contributed by atoms with Crippen LogP contribution in [0.15, 0.2) is 28.1 Å². The molecule has 0 amide bonds. The first-order chi connectivity index (χ1) is 6.82. The third kappa shape index (κ3) is 4.64. The van der Waals surface area contributed by atoms with Crippen LogP contribution in [0.3, 0.4) is 0 Å². The summed E-state index contributed by atoms with van der Waals surface area (Å²) in [5.41, 5.74) is -0.521. The van der Waals surface area contributed by atoms with E-state index in [9.17, 15) is 13.2 Å². The summed E-state index contributed by atoms with van der Waals surface area (Å²) in [6, 6.07) is 0. The lowest BCUT2D eigenvalue weighted by Gasteiger charge is -2.06. The normalized spacial score (nSPS) is 15.5. The Morgan fingerprint density at radius 3 is 2.20 bits per heavy atom. The molecule has 0 rings (SSSR count). The fraction of sp³-hybridized carbons (Fsp3) is 0.444. The van der Waals surface area contributed by atoms with E-state index in [-0.39, 0.29) is 5.76 Å². The van der Waals surface area contributed by atoms with E-state index in [1.165, 1.54) is 20.8 Å². The van der Waals surface area contributed by atoms with Crippen molar-refractivity contribution in [2.24, 2.45) is 10.9 Å². The lowest BCUT2D eigenvalue weighted by atomic mass is 10.2. The highest BCUT2D eigenvalue weighted by Crippen LogP contribution is 2.24. The van der Waals surface area contributed by atoms with Crippen molar-refractivity contribution in [3.05, 3.63) is 23.1 Å². The van der Waals surface area contributed by atoms with E-state index in [2.05, 4.69) is 9.83 Å². The van der Waals surface area contributed by atoms with Crippen molar-refractivity contribution < 1.29 is 18.0 Å². The smallest absolute Gasteiger partial charge is 0.414 e. The summed E-state index contributed by atoms with van der Waals surface area (Å²) < 4.78 is 36.7. The average molecular weight is 222 g/mol. The molecule has 0 atom stereocenters. The van der Waals surface area contributed by atoms with Gasteiger partial charge in [0, 0.05) is 6.21 Å². The molecule has 0 radical (unpaired) electrons. The van der Waals surface area contributed by atoms with Crippen LogP contribution in [-0.4, -0.2) is 12.4 Å². The van der Waals surface area contributed by atoms with Gasteiger partial charge in [0.1, 0.15) is 5.76 Å². The van der Waals surface area contributed by atoms with Gasteiger partial charge in [-0.25, -0.2) is 0 Å².